The molecule has 0 saturated carbocycles. The first kappa shape index (κ1) is 22.9. The summed E-state index contributed by atoms with van der Waals surface area (Å²) in [6.07, 6.45) is -0.469. The van der Waals surface area contributed by atoms with Gasteiger partial charge in [0.25, 0.3) is 0 Å². The molecule has 1 unspecified atom stereocenters. The molecule has 1 fully saturated rings. The lowest BCUT2D eigenvalue weighted by Crippen LogP contribution is -2.32. The van der Waals surface area contributed by atoms with Gasteiger partial charge in [-0.2, -0.15) is 5.10 Å². The van der Waals surface area contributed by atoms with Crippen LogP contribution in [0.25, 0.3) is 10.6 Å². The predicted octanol–water partition coefficient (Wildman–Crippen LogP) is 3.54. The van der Waals surface area contributed by atoms with Crippen molar-refractivity contribution in [3.8, 4) is 10.6 Å². The molecule has 1 aromatic carbocycles. The first-order valence-corrected chi connectivity index (χ1v) is 11.1. The van der Waals surface area contributed by atoms with Gasteiger partial charge in [0.1, 0.15) is 33.8 Å². The number of aliphatic hydroxyl groups excluding tert-OH is 1. The van der Waals surface area contributed by atoms with Crippen molar-refractivity contribution < 1.29 is 18.6 Å². The van der Waals surface area contributed by atoms with Crippen LogP contribution in [0.4, 0.5) is 19.5 Å². The van der Waals surface area contributed by atoms with Gasteiger partial charge in [0.2, 0.25) is 0 Å². The number of nitrogens with zero attached hydrogens (tertiary/aromatic N) is 3. The zero-order chi connectivity index (χ0) is 23.0. The van der Waals surface area contributed by atoms with Crippen LogP contribution in [0.3, 0.4) is 0 Å². The van der Waals surface area contributed by atoms with Crippen molar-refractivity contribution in [2.75, 3.05) is 17.7 Å². The Morgan fingerprint density at radius 3 is 2.97 bits per heavy atom. The van der Waals surface area contributed by atoms with Gasteiger partial charge in [-0.3, -0.25) is 4.68 Å². The zero-order valence-corrected chi connectivity index (χ0v) is 18.7. The second-order valence-corrected chi connectivity index (χ2v) is 8.97. The van der Waals surface area contributed by atoms with Crippen LogP contribution in [0, 0.1) is 5.82 Å². The molecule has 0 radical (unpaired) electrons. The Morgan fingerprint density at radius 2 is 2.19 bits per heavy atom. The zero-order valence-electron chi connectivity index (χ0n) is 17.1. The molecule has 0 amide bonds. The Labute approximate surface area is 192 Å². The lowest BCUT2D eigenvalue weighted by atomic mass is 10.0. The summed E-state index contributed by atoms with van der Waals surface area (Å²) < 4.78 is 35.1. The summed E-state index contributed by atoms with van der Waals surface area (Å²) in [5.74, 6) is -0.572. The number of hydrogen-bond donors (Lipinski definition) is 4. The second-order valence-electron chi connectivity index (χ2n) is 7.56. The molecular weight excluding hydrogens is 462 g/mol. The Morgan fingerprint density at radius 1 is 1.41 bits per heavy atom. The number of alkyl halides is 1. The fraction of sp³-hybridized carbons (Fsp3) is 0.400. The molecule has 2 aromatic heterocycles. The minimum absolute atomic E-state index is 0.0697. The van der Waals surface area contributed by atoms with Crippen LogP contribution in [-0.4, -0.2) is 38.7 Å². The molecule has 172 valence electrons. The number of halogens is 3. The van der Waals surface area contributed by atoms with Crippen molar-refractivity contribution in [3.05, 3.63) is 46.6 Å². The minimum atomic E-state index is -1.28. The third-order valence-electron chi connectivity index (χ3n) is 5.39. The van der Waals surface area contributed by atoms with E-state index in [0.717, 1.165) is 11.3 Å². The van der Waals surface area contributed by atoms with Crippen LogP contribution in [0.15, 0.2) is 24.4 Å². The number of benzene rings is 1. The molecule has 4 rings (SSSR count). The first-order valence-electron chi connectivity index (χ1n) is 9.94. The largest absolute Gasteiger partial charge is 0.389 e. The number of aryl methyl sites for hydroxylation is 1. The quantitative estimate of drug-likeness (QED) is 0.408. The summed E-state index contributed by atoms with van der Waals surface area (Å²) in [4.78, 5) is 4.37. The number of hydrogen-bond acceptors (Lipinski definition) is 8. The van der Waals surface area contributed by atoms with Gasteiger partial charge >= 0.3 is 0 Å². The summed E-state index contributed by atoms with van der Waals surface area (Å²) in [6, 6.07) is 3.81. The van der Waals surface area contributed by atoms with Crippen LogP contribution in [-0.2, 0) is 11.8 Å². The molecular formula is C20H23ClF2N6O2S. The van der Waals surface area contributed by atoms with E-state index in [0.29, 0.717) is 34.8 Å². The molecule has 0 spiro atoms. The molecule has 32 heavy (non-hydrogen) atoms. The van der Waals surface area contributed by atoms with Crippen molar-refractivity contribution in [2.45, 2.75) is 37.4 Å². The molecule has 8 nitrogen and oxygen atoms in total. The number of nitrogen functional groups attached to an aromatic ring is 1. The van der Waals surface area contributed by atoms with Gasteiger partial charge in [0.15, 0.2) is 6.23 Å². The number of aromatic nitrogens is 3. The highest BCUT2D eigenvalue weighted by Gasteiger charge is 2.30. The monoisotopic (exact) mass is 484 g/mol. The van der Waals surface area contributed by atoms with E-state index in [-0.39, 0.29) is 22.3 Å². The average molecular weight is 485 g/mol. The fourth-order valence-electron chi connectivity index (χ4n) is 3.63. The fourth-order valence-corrected chi connectivity index (χ4v) is 4.80. The summed E-state index contributed by atoms with van der Waals surface area (Å²) in [5.41, 5.74) is 13.6. The Kier molecular flexibility index (Phi) is 6.63. The molecule has 3 heterocycles. The summed E-state index contributed by atoms with van der Waals surface area (Å²) >= 11 is 7.14. The maximum Gasteiger partial charge on any atom is 0.171 e. The van der Waals surface area contributed by atoms with E-state index >= 15 is 0 Å². The lowest BCUT2D eigenvalue weighted by molar-refractivity contribution is 0.0246. The predicted molar refractivity (Wildman–Crippen MR) is 120 cm³/mol. The third-order valence-corrected chi connectivity index (χ3v) is 6.71. The smallest absolute Gasteiger partial charge is 0.171 e. The Hall–Kier alpha value is -2.31. The topological polar surface area (TPSA) is 124 Å². The van der Waals surface area contributed by atoms with Gasteiger partial charge in [-0.05, 0) is 18.9 Å². The van der Waals surface area contributed by atoms with Crippen molar-refractivity contribution in [1.29, 1.82) is 0 Å². The van der Waals surface area contributed by atoms with E-state index in [9.17, 15) is 13.9 Å². The maximum atomic E-state index is 13.9. The number of rotatable bonds is 5. The van der Waals surface area contributed by atoms with Gasteiger partial charge in [0.05, 0.1) is 29.2 Å². The standard InChI is InChI=1S/C20H23ClF2N6O2S/c1-29-17(14-6-5-12(24)11(23)8-31-14)13(7-26-29)27-19(30)16-18(25)32-20(28-16)9-3-2-4-10(22)15(9)21/h2-4,7,11-12,14,19,27,30H,5-6,8,24-25H2,1H3/t11-,12-,14+,19?/m1/s1. The molecule has 12 heteroatoms. The average Bonchev–Trinajstić information content (AvgIpc) is 3.27. The molecule has 1 saturated heterocycles. The summed E-state index contributed by atoms with van der Waals surface area (Å²) in [6.45, 7) is -0.115. The van der Waals surface area contributed by atoms with E-state index in [1.54, 1.807) is 17.8 Å². The number of aliphatic hydroxyl groups is 1. The van der Waals surface area contributed by atoms with Crippen molar-refractivity contribution in [2.24, 2.45) is 12.8 Å². The highest BCUT2D eigenvalue weighted by atomic mass is 35.5. The SMILES string of the molecule is Cn1ncc(NC(O)c2nc(-c3cccc(F)c3Cl)sc2N)c1[C@@H]1CC[C@@H](N)[C@H](F)CO1. The van der Waals surface area contributed by atoms with Crippen LogP contribution >= 0.6 is 22.9 Å². The van der Waals surface area contributed by atoms with E-state index < -0.39 is 30.4 Å². The van der Waals surface area contributed by atoms with Crippen LogP contribution < -0.4 is 16.8 Å². The molecule has 3 aromatic rings. The minimum Gasteiger partial charge on any atom is -0.389 e. The van der Waals surface area contributed by atoms with Crippen LogP contribution in [0.1, 0.15) is 36.6 Å². The molecule has 0 bridgehead atoms. The van der Waals surface area contributed by atoms with Crippen LogP contribution in [0.2, 0.25) is 5.02 Å². The summed E-state index contributed by atoms with van der Waals surface area (Å²) in [5, 5.41) is 18.5. The van der Waals surface area contributed by atoms with Gasteiger partial charge in [0, 0.05) is 18.7 Å². The highest BCUT2D eigenvalue weighted by molar-refractivity contribution is 7.19. The molecule has 1 aliphatic heterocycles. The molecule has 4 atom stereocenters. The third kappa shape index (κ3) is 4.44. The van der Waals surface area contributed by atoms with Crippen molar-refractivity contribution >= 4 is 33.6 Å². The lowest BCUT2D eigenvalue weighted by Gasteiger charge is -2.19. The Balaban J connectivity index is 1.57. The second kappa shape index (κ2) is 9.28. The van der Waals surface area contributed by atoms with Gasteiger partial charge in [-0.25, -0.2) is 13.8 Å². The van der Waals surface area contributed by atoms with Gasteiger partial charge in [-0.1, -0.05) is 35.1 Å². The van der Waals surface area contributed by atoms with Crippen LogP contribution in [0.5, 0.6) is 0 Å². The van der Waals surface area contributed by atoms with Crippen molar-refractivity contribution in [1.82, 2.24) is 14.8 Å². The first-order chi connectivity index (χ1) is 15.3. The number of ether oxygens (including phenoxy) is 1. The van der Waals surface area contributed by atoms with E-state index in [2.05, 4.69) is 15.4 Å². The number of nitrogens with two attached hydrogens (primary N) is 2. The summed E-state index contributed by atoms with van der Waals surface area (Å²) in [7, 11) is 1.73. The normalized spacial score (nSPS) is 22.5. The van der Waals surface area contributed by atoms with Gasteiger partial charge < -0.3 is 26.6 Å². The van der Waals surface area contributed by atoms with E-state index in [1.807, 2.05) is 0 Å². The van der Waals surface area contributed by atoms with Gasteiger partial charge in [-0.15, -0.1) is 0 Å². The van der Waals surface area contributed by atoms with E-state index in [4.69, 9.17) is 27.8 Å². The number of thiazole rings is 1. The molecule has 1 aliphatic rings. The number of anilines is 2. The molecule has 0 aliphatic carbocycles. The maximum absolute atomic E-state index is 13.9. The van der Waals surface area contributed by atoms with Crippen molar-refractivity contribution in [3.63, 3.8) is 0 Å². The number of nitrogens with one attached hydrogen (secondary N) is 1. The van der Waals surface area contributed by atoms with E-state index in [1.165, 1.54) is 18.3 Å². The Bertz CT molecular complexity index is 1100. The molecule has 6 N–H and O–H groups in total. The highest BCUT2D eigenvalue weighted by Crippen LogP contribution is 2.38.